The van der Waals surface area contributed by atoms with Crippen molar-refractivity contribution in [2.75, 3.05) is 13.1 Å². The van der Waals surface area contributed by atoms with E-state index in [0.717, 1.165) is 29.8 Å². The number of ether oxygens (including phenoxy) is 1. The number of carbonyl (C=O) groups is 2. The van der Waals surface area contributed by atoms with E-state index in [1.165, 1.54) is 12.8 Å². The first kappa shape index (κ1) is 25.9. The fourth-order valence-corrected chi connectivity index (χ4v) is 8.15. The van der Waals surface area contributed by atoms with Crippen LogP contribution in [0.2, 0.25) is 0 Å². The highest BCUT2D eigenvalue weighted by atomic mass is 16.5. The summed E-state index contributed by atoms with van der Waals surface area (Å²) in [5.41, 5.74) is -0.931. The lowest BCUT2D eigenvalue weighted by Gasteiger charge is -2.63. The summed E-state index contributed by atoms with van der Waals surface area (Å²) in [6.45, 7) is 5.12. The van der Waals surface area contributed by atoms with Crippen molar-refractivity contribution < 1.29 is 29.1 Å². The Labute approximate surface area is 243 Å². The summed E-state index contributed by atoms with van der Waals surface area (Å²) in [6.07, 6.45) is 2.39. The van der Waals surface area contributed by atoms with Crippen LogP contribution in [0.5, 0.6) is 11.5 Å². The zero-order valence-corrected chi connectivity index (χ0v) is 23.7. The molecule has 3 heterocycles. The van der Waals surface area contributed by atoms with Gasteiger partial charge in [0.1, 0.15) is 11.5 Å². The van der Waals surface area contributed by atoms with Crippen molar-refractivity contribution in [3.63, 3.8) is 0 Å². The van der Waals surface area contributed by atoms with Crippen molar-refractivity contribution in [3.8, 4) is 22.9 Å². The molecule has 3 aliphatic carbocycles. The minimum Gasteiger partial charge on any atom is -0.504 e. The van der Waals surface area contributed by atoms with E-state index in [1.807, 2.05) is 36.4 Å². The van der Waals surface area contributed by atoms with Gasteiger partial charge in [-0.2, -0.15) is 4.98 Å². The Bertz CT molecular complexity index is 1620. The van der Waals surface area contributed by atoms with E-state index in [-0.39, 0.29) is 35.6 Å². The largest absolute Gasteiger partial charge is 0.504 e. The Kier molecular flexibility index (Phi) is 5.33. The average molecular weight is 571 g/mol. The van der Waals surface area contributed by atoms with Gasteiger partial charge in [0.2, 0.25) is 11.7 Å². The Morgan fingerprint density at radius 3 is 2.74 bits per heavy atom. The second-order valence-electron chi connectivity index (χ2n) is 13.3. The number of aromatic hydroxyl groups is 1. The van der Waals surface area contributed by atoms with Crippen molar-refractivity contribution in [1.29, 1.82) is 0 Å². The van der Waals surface area contributed by atoms with Gasteiger partial charge in [0.25, 0.3) is 5.89 Å². The third-order valence-corrected chi connectivity index (χ3v) is 10.4. The number of amides is 1. The molecule has 1 aromatic heterocycles. The molecule has 218 valence electrons. The van der Waals surface area contributed by atoms with Gasteiger partial charge in [0.05, 0.1) is 11.0 Å². The topological polar surface area (TPSA) is 138 Å². The van der Waals surface area contributed by atoms with Crippen molar-refractivity contribution in [1.82, 2.24) is 20.4 Å². The molecule has 3 aromatic rings. The number of aromatic nitrogens is 2. The smallest absolute Gasteiger partial charge is 0.252 e. The number of piperidine rings is 1. The number of ketones is 1. The monoisotopic (exact) mass is 570 g/mol. The Morgan fingerprint density at radius 2 is 1.98 bits per heavy atom. The SMILES string of the molecule is CC(C)(NC(=O)C1C[C@@]2(O)[C@H]3Cc4ccc(O)c5c4[C@@]2(CCN3CC2CC2)C(O5)C1=O)c1nc(-c2ccccc2)no1. The fraction of sp³-hybridized carbons (Fsp3) is 0.500. The average Bonchev–Trinajstić information content (AvgIpc) is 3.48. The molecule has 3 fully saturated rings. The van der Waals surface area contributed by atoms with E-state index in [9.17, 15) is 19.8 Å². The summed E-state index contributed by atoms with van der Waals surface area (Å²) in [5.74, 6) is -0.580. The Morgan fingerprint density at radius 1 is 1.19 bits per heavy atom. The predicted octanol–water partition coefficient (Wildman–Crippen LogP) is 2.85. The second-order valence-corrected chi connectivity index (χ2v) is 13.3. The molecule has 5 atom stereocenters. The van der Waals surface area contributed by atoms with Crippen molar-refractivity contribution >= 4 is 11.7 Å². The maximum absolute atomic E-state index is 14.2. The number of likely N-dealkylation sites (tertiary alicyclic amines) is 1. The van der Waals surface area contributed by atoms with Gasteiger partial charge in [-0.15, -0.1) is 0 Å². The van der Waals surface area contributed by atoms with Crippen LogP contribution in [0, 0.1) is 11.8 Å². The van der Waals surface area contributed by atoms with Crippen LogP contribution in [0.4, 0.5) is 0 Å². The minimum atomic E-state index is -1.39. The third kappa shape index (κ3) is 3.45. The molecule has 3 N–H and O–H groups in total. The molecule has 2 aromatic carbocycles. The van der Waals surface area contributed by atoms with E-state index in [1.54, 1.807) is 19.9 Å². The van der Waals surface area contributed by atoms with E-state index in [2.05, 4.69) is 20.4 Å². The Hall–Kier alpha value is -3.76. The van der Waals surface area contributed by atoms with E-state index in [0.29, 0.717) is 24.6 Å². The number of rotatable bonds is 6. The summed E-state index contributed by atoms with van der Waals surface area (Å²) in [4.78, 5) is 35.0. The van der Waals surface area contributed by atoms with Crippen LogP contribution in [0.25, 0.3) is 11.4 Å². The van der Waals surface area contributed by atoms with E-state index >= 15 is 0 Å². The quantitative estimate of drug-likeness (QED) is 0.382. The van der Waals surface area contributed by atoms with Crippen LogP contribution in [0.15, 0.2) is 47.0 Å². The van der Waals surface area contributed by atoms with Crippen LogP contribution in [0.1, 0.15) is 56.5 Å². The van der Waals surface area contributed by atoms with Gasteiger partial charge in [0, 0.05) is 23.7 Å². The molecule has 1 saturated heterocycles. The summed E-state index contributed by atoms with van der Waals surface area (Å²) >= 11 is 0. The molecule has 2 saturated carbocycles. The molecule has 5 aliphatic rings. The predicted molar refractivity (Wildman–Crippen MR) is 150 cm³/mol. The molecule has 42 heavy (non-hydrogen) atoms. The lowest BCUT2D eigenvalue weighted by Crippen LogP contribution is -2.78. The molecular formula is C32H34N4O6. The molecule has 10 heteroatoms. The number of Topliss-reactive ketones (excluding diaryl/α,β-unsaturated/α-hetero) is 1. The normalized spacial score (nSPS) is 31.4. The van der Waals surface area contributed by atoms with Gasteiger partial charge in [-0.1, -0.05) is 41.6 Å². The first-order chi connectivity index (χ1) is 20.1. The van der Waals surface area contributed by atoms with Crippen LogP contribution < -0.4 is 10.1 Å². The highest BCUT2D eigenvalue weighted by Gasteiger charge is 2.75. The second kappa shape index (κ2) is 8.64. The number of carbonyl (C=O) groups excluding carboxylic acids is 2. The van der Waals surface area contributed by atoms with Gasteiger partial charge in [-0.25, -0.2) is 0 Å². The maximum atomic E-state index is 14.2. The van der Waals surface area contributed by atoms with Crippen LogP contribution in [-0.4, -0.2) is 67.8 Å². The summed E-state index contributed by atoms with van der Waals surface area (Å²) in [6, 6.07) is 12.6. The highest BCUT2D eigenvalue weighted by molar-refractivity contribution is 6.06. The molecule has 0 radical (unpaired) electrons. The molecule has 10 nitrogen and oxygen atoms in total. The molecule has 1 spiro atoms. The zero-order valence-electron chi connectivity index (χ0n) is 23.7. The summed E-state index contributed by atoms with van der Waals surface area (Å²) < 4.78 is 11.8. The van der Waals surface area contributed by atoms with Gasteiger partial charge in [-0.3, -0.25) is 14.5 Å². The fourth-order valence-electron chi connectivity index (χ4n) is 8.15. The van der Waals surface area contributed by atoms with Gasteiger partial charge in [-0.05, 0) is 70.0 Å². The van der Waals surface area contributed by atoms with Gasteiger partial charge < -0.3 is 24.8 Å². The van der Waals surface area contributed by atoms with Gasteiger partial charge in [0.15, 0.2) is 23.4 Å². The third-order valence-electron chi connectivity index (χ3n) is 10.4. The number of phenolic OH excluding ortho intramolecular Hbond substituents is 1. The first-order valence-corrected chi connectivity index (χ1v) is 14.9. The number of benzene rings is 2. The Balaban J connectivity index is 1.14. The summed E-state index contributed by atoms with van der Waals surface area (Å²) in [5, 5.41) is 30.6. The van der Waals surface area contributed by atoms with E-state index in [4.69, 9.17) is 9.26 Å². The van der Waals surface area contributed by atoms with Crippen molar-refractivity contribution in [3.05, 3.63) is 59.5 Å². The van der Waals surface area contributed by atoms with Crippen LogP contribution >= 0.6 is 0 Å². The molecule has 2 unspecified atom stereocenters. The number of nitrogens with one attached hydrogen (secondary N) is 1. The number of hydrogen-bond acceptors (Lipinski definition) is 9. The first-order valence-electron chi connectivity index (χ1n) is 14.9. The lowest BCUT2D eigenvalue weighted by molar-refractivity contribution is -0.198. The molecule has 8 rings (SSSR count). The number of phenols is 1. The van der Waals surface area contributed by atoms with Crippen LogP contribution in [-0.2, 0) is 27.0 Å². The molecule has 2 bridgehead atoms. The molecule has 1 amide bonds. The molecular weight excluding hydrogens is 536 g/mol. The number of nitrogens with zero attached hydrogens (tertiary/aromatic N) is 3. The van der Waals surface area contributed by atoms with Crippen molar-refractivity contribution in [2.24, 2.45) is 11.8 Å². The van der Waals surface area contributed by atoms with E-state index < -0.39 is 34.5 Å². The number of hydrogen-bond donors (Lipinski definition) is 3. The zero-order chi connectivity index (χ0) is 29.0. The van der Waals surface area contributed by atoms with Gasteiger partial charge >= 0.3 is 0 Å². The minimum absolute atomic E-state index is 0.0208. The standard InChI is InChI=1S/C32H34N4O6/c1-30(2,29-33-27(35-42-29)18-6-4-3-5-7-18)34-28(39)20-15-32(40)22-14-19-10-11-21(37)25-23(19)31(32,26(41-25)24(20)38)12-13-36(22)16-17-8-9-17/h3-7,10-11,17,20,22,26,37,40H,8-9,12-16H2,1-2H3,(H,34,39)/t20?,22-,26?,31+,32-/m1/s1. The maximum Gasteiger partial charge on any atom is 0.252 e. The lowest BCUT2D eigenvalue weighted by atomic mass is 9.47. The number of aliphatic hydroxyl groups is 1. The van der Waals surface area contributed by atoms with Crippen molar-refractivity contribution in [2.45, 2.75) is 74.7 Å². The highest BCUT2D eigenvalue weighted by Crippen LogP contribution is 2.65. The van der Waals surface area contributed by atoms with Crippen LogP contribution in [0.3, 0.4) is 0 Å². The molecule has 2 aliphatic heterocycles. The summed E-state index contributed by atoms with van der Waals surface area (Å²) in [7, 11) is 0.